The Labute approximate surface area is 93.8 Å². The average Bonchev–Trinajstić information content (AvgIpc) is 2.68. The standard InChI is InChI=1S/C12H14N2O2/c1-16-8-4-7-14-12-6-3-2-5-10(12)11(9-15)13-14/h2-3,5-6,9H,4,7-8H2,1H3. The zero-order valence-corrected chi connectivity index (χ0v) is 9.22. The van der Waals surface area contributed by atoms with Crippen LogP contribution in [0.25, 0.3) is 10.9 Å². The number of para-hydroxylation sites is 1. The number of methoxy groups -OCH3 is 1. The monoisotopic (exact) mass is 218 g/mol. The Balaban J connectivity index is 2.33. The van der Waals surface area contributed by atoms with E-state index in [1.165, 1.54) is 0 Å². The first kappa shape index (κ1) is 10.8. The molecule has 0 aliphatic heterocycles. The highest BCUT2D eigenvalue weighted by atomic mass is 16.5. The second kappa shape index (κ2) is 4.90. The van der Waals surface area contributed by atoms with Crippen molar-refractivity contribution in [3.63, 3.8) is 0 Å². The molecule has 0 aliphatic carbocycles. The van der Waals surface area contributed by atoms with Crippen molar-refractivity contribution >= 4 is 17.2 Å². The number of aromatic nitrogens is 2. The van der Waals surface area contributed by atoms with Gasteiger partial charge < -0.3 is 4.74 Å². The van der Waals surface area contributed by atoms with Gasteiger partial charge in [0.2, 0.25) is 0 Å². The van der Waals surface area contributed by atoms with Gasteiger partial charge in [0, 0.05) is 25.6 Å². The topological polar surface area (TPSA) is 44.1 Å². The molecule has 0 amide bonds. The van der Waals surface area contributed by atoms with Crippen LogP contribution in [0.5, 0.6) is 0 Å². The molecule has 0 N–H and O–H groups in total. The Hall–Kier alpha value is -1.68. The number of carbonyl (C=O) groups is 1. The van der Waals surface area contributed by atoms with Crippen LogP contribution in [-0.2, 0) is 11.3 Å². The van der Waals surface area contributed by atoms with Gasteiger partial charge in [0.25, 0.3) is 0 Å². The zero-order chi connectivity index (χ0) is 11.4. The summed E-state index contributed by atoms with van der Waals surface area (Å²) in [6.45, 7) is 1.47. The van der Waals surface area contributed by atoms with Crippen LogP contribution < -0.4 is 0 Å². The average molecular weight is 218 g/mol. The molecule has 0 bridgehead atoms. The molecule has 4 nitrogen and oxygen atoms in total. The maximum atomic E-state index is 10.9. The molecule has 84 valence electrons. The molecule has 16 heavy (non-hydrogen) atoms. The summed E-state index contributed by atoms with van der Waals surface area (Å²) in [5.41, 5.74) is 1.51. The zero-order valence-electron chi connectivity index (χ0n) is 9.22. The second-order valence-electron chi connectivity index (χ2n) is 3.59. The minimum Gasteiger partial charge on any atom is -0.385 e. The Morgan fingerprint density at radius 3 is 3.00 bits per heavy atom. The Morgan fingerprint density at radius 2 is 2.25 bits per heavy atom. The molecule has 0 fully saturated rings. The number of hydrogen-bond donors (Lipinski definition) is 0. The van der Waals surface area contributed by atoms with E-state index in [1.54, 1.807) is 7.11 Å². The van der Waals surface area contributed by atoms with E-state index in [0.717, 1.165) is 30.2 Å². The van der Waals surface area contributed by atoms with Crippen molar-refractivity contribution in [1.29, 1.82) is 0 Å². The third-order valence-electron chi connectivity index (χ3n) is 2.52. The highest BCUT2D eigenvalue weighted by Gasteiger charge is 2.08. The molecular formula is C12H14N2O2. The summed E-state index contributed by atoms with van der Waals surface area (Å²) in [5, 5.41) is 5.18. The Bertz CT molecular complexity index is 491. The molecule has 1 aromatic heterocycles. The number of aryl methyl sites for hydroxylation is 1. The third-order valence-corrected chi connectivity index (χ3v) is 2.52. The number of aldehydes is 1. The second-order valence-corrected chi connectivity index (χ2v) is 3.59. The van der Waals surface area contributed by atoms with Crippen LogP contribution in [0.2, 0.25) is 0 Å². The van der Waals surface area contributed by atoms with E-state index in [-0.39, 0.29) is 0 Å². The number of benzene rings is 1. The van der Waals surface area contributed by atoms with Crippen molar-refractivity contribution in [2.24, 2.45) is 0 Å². The number of ether oxygens (including phenoxy) is 1. The maximum Gasteiger partial charge on any atom is 0.170 e. The number of fused-ring (bicyclic) bond motifs is 1. The van der Waals surface area contributed by atoms with Gasteiger partial charge in [-0.1, -0.05) is 18.2 Å². The van der Waals surface area contributed by atoms with Gasteiger partial charge in [-0.3, -0.25) is 9.48 Å². The quantitative estimate of drug-likeness (QED) is 0.568. The summed E-state index contributed by atoms with van der Waals surface area (Å²) in [7, 11) is 1.68. The SMILES string of the molecule is COCCCn1nc(C=O)c2ccccc21. The van der Waals surface area contributed by atoms with Gasteiger partial charge in [0.15, 0.2) is 6.29 Å². The molecule has 1 heterocycles. The number of carbonyl (C=O) groups excluding carboxylic acids is 1. The summed E-state index contributed by atoms with van der Waals surface area (Å²) in [6, 6.07) is 7.75. The van der Waals surface area contributed by atoms with Crippen LogP contribution in [0.1, 0.15) is 16.9 Å². The van der Waals surface area contributed by atoms with Crippen LogP contribution in [0.3, 0.4) is 0 Å². The smallest absolute Gasteiger partial charge is 0.170 e. The van der Waals surface area contributed by atoms with E-state index in [0.29, 0.717) is 12.3 Å². The number of hydrogen-bond acceptors (Lipinski definition) is 3. The van der Waals surface area contributed by atoms with Crippen LogP contribution in [-0.4, -0.2) is 29.8 Å². The molecule has 1 aromatic carbocycles. The van der Waals surface area contributed by atoms with Gasteiger partial charge in [-0.25, -0.2) is 0 Å². The summed E-state index contributed by atoms with van der Waals surface area (Å²) in [4.78, 5) is 10.9. The van der Waals surface area contributed by atoms with Crippen molar-refractivity contribution in [2.45, 2.75) is 13.0 Å². The fourth-order valence-corrected chi connectivity index (χ4v) is 1.77. The van der Waals surface area contributed by atoms with E-state index in [9.17, 15) is 4.79 Å². The summed E-state index contributed by atoms with van der Waals surface area (Å²) in [5.74, 6) is 0. The first-order valence-corrected chi connectivity index (χ1v) is 5.26. The lowest BCUT2D eigenvalue weighted by atomic mass is 10.2. The van der Waals surface area contributed by atoms with Crippen molar-refractivity contribution in [1.82, 2.24) is 9.78 Å². The Kier molecular flexibility index (Phi) is 3.31. The van der Waals surface area contributed by atoms with Crippen molar-refractivity contribution in [2.75, 3.05) is 13.7 Å². The van der Waals surface area contributed by atoms with Crippen molar-refractivity contribution in [3.05, 3.63) is 30.0 Å². The lowest BCUT2D eigenvalue weighted by Crippen LogP contribution is -2.03. The minimum absolute atomic E-state index is 0.507. The van der Waals surface area contributed by atoms with Crippen LogP contribution >= 0.6 is 0 Å². The van der Waals surface area contributed by atoms with Gasteiger partial charge in [-0.05, 0) is 12.5 Å². The molecule has 0 spiro atoms. The predicted molar refractivity (Wildman–Crippen MR) is 61.6 cm³/mol. The highest BCUT2D eigenvalue weighted by molar-refractivity contribution is 5.95. The number of nitrogens with zero attached hydrogens (tertiary/aromatic N) is 2. The molecule has 4 heteroatoms. The van der Waals surface area contributed by atoms with E-state index < -0.39 is 0 Å². The third kappa shape index (κ3) is 1.97. The first-order valence-electron chi connectivity index (χ1n) is 5.26. The number of rotatable bonds is 5. The van der Waals surface area contributed by atoms with Crippen molar-refractivity contribution < 1.29 is 9.53 Å². The molecule has 0 radical (unpaired) electrons. The molecule has 0 unspecified atom stereocenters. The lowest BCUT2D eigenvalue weighted by molar-refractivity contribution is 0.111. The fourth-order valence-electron chi connectivity index (χ4n) is 1.77. The first-order chi connectivity index (χ1) is 7.86. The fraction of sp³-hybridized carbons (Fsp3) is 0.333. The normalized spacial score (nSPS) is 10.8. The highest BCUT2D eigenvalue weighted by Crippen LogP contribution is 2.17. The predicted octanol–water partition coefficient (Wildman–Crippen LogP) is 1.89. The van der Waals surface area contributed by atoms with E-state index in [4.69, 9.17) is 4.74 Å². The van der Waals surface area contributed by atoms with Gasteiger partial charge in [0.05, 0.1) is 5.52 Å². The molecule has 2 rings (SSSR count). The van der Waals surface area contributed by atoms with Crippen LogP contribution in [0.15, 0.2) is 24.3 Å². The van der Waals surface area contributed by atoms with E-state index >= 15 is 0 Å². The van der Waals surface area contributed by atoms with Crippen LogP contribution in [0.4, 0.5) is 0 Å². The molecule has 2 aromatic rings. The molecule has 0 saturated carbocycles. The van der Waals surface area contributed by atoms with Gasteiger partial charge >= 0.3 is 0 Å². The minimum atomic E-state index is 0.507. The Morgan fingerprint density at radius 1 is 1.44 bits per heavy atom. The lowest BCUT2D eigenvalue weighted by Gasteiger charge is -2.02. The summed E-state index contributed by atoms with van der Waals surface area (Å²) in [6.07, 6.45) is 1.69. The van der Waals surface area contributed by atoms with Gasteiger partial charge in [0.1, 0.15) is 5.69 Å². The largest absolute Gasteiger partial charge is 0.385 e. The summed E-state index contributed by atoms with van der Waals surface area (Å²) >= 11 is 0. The molecule has 0 saturated heterocycles. The van der Waals surface area contributed by atoms with Gasteiger partial charge in [-0.15, -0.1) is 0 Å². The maximum absolute atomic E-state index is 10.9. The van der Waals surface area contributed by atoms with E-state index in [2.05, 4.69) is 5.10 Å². The molecular weight excluding hydrogens is 204 g/mol. The van der Waals surface area contributed by atoms with E-state index in [1.807, 2.05) is 28.9 Å². The van der Waals surface area contributed by atoms with Crippen molar-refractivity contribution in [3.8, 4) is 0 Å². The molecule has 0 aliphatic rings. The molecule has 0 atom stereocenters. The van der Waals surface area contributed by atoms with Crippen LogP contribution in [0, 0.1) is 0 Å². The van der Waals surface area contributed by atoms with Gasteiger partial charge in [-0.2, -0.15) is 5.10 Å². The summed E-state index contributed by atoms with van der Waals surface area (Å²) < 4.78 is 6.86.